The van der Waals surface area contributed by atoms with E-state index in [4.69, 9.17) is 4.74 Å². The molecule has 1 aromatic carbocycles. The summed E-state index contributed by atoms with van der Waals surface area (Å²) in [6.07, 6.45) is 0.279. The van der Waals surface area contributed by atoms with E-state index in [0.29, 0.717) is 0 Å². The van der Waals surface area contributed by atoms with Crippen molar-refractivity contribution in [2.45, 2.75) is 39.8 Å². The van der Waals surface area contributed by atoms with E-state index < -0.39 is 0 Å². The quantitative estimate of drug-likeness (QED) is 0.825. The van der Waals surface area contributed by atoms with Gasteiger partial charge in [0.2, 0.25) is 0 Å². The van der Waals surface area contributed by atoms with Crippen molar-refractivity contribution < 1.29 is 4.74 Å². The first-order valence-electron chi connectivity index (χ1n) is 5.91. The van der Waals surface area contributed by atoms with Crippen molar-refractivity contribution in [3.63, 3.8) is 0 Å². The molecule has 1 aromatic rings. The zero-order valence-electron chi connectivity index (χ0n) is 11.0. The standard InChI is InChI=1S/C14H23NO/c1-10(2)16-9-14(15-5)13-8-6-7-11(3)12(13)4/h6-8,10,14-15H,9H2,1-5H3. The summed E-state index contributed by atoms with van der Waals surface area (Å²) < 4.78 is 5.68. The van der Waals surface area contributed by atoms with E-state index >= 15 is 0 Å². The maximum atomic E-state index is 5.68. The highest BCUT2D eigenvalue weighted by molar-refractivity contribution is 5.35. The number of benzene rings is 1. The Balaban J connectivity index is 2.82. The Morgan fingerprint density at radius 1 is 1.25 bits per heavy atom. The van der Waals surface area contributed by atoms with Crippen LogP contribution in [-0.2, 0) is 4.74 Å². The molecule has 0 aromatic heterocycles. The topological polar surface area (TPSA) is 21.3 Å². The minimum Gasteiger partial charge on any atom is -0.377 e. The first-order chi connectivity index (χ1) is 7.56. The van der Waals surface area contributed by atoms with E-state index in [1.807, 2.05) is 7.05 Å². The van der Waals surface area contributed by atoms with Crippen LogP contribution in [-0.4, -0.2) is 19.8 Å². The van der Waals surface area contributed by atoms with E-state index in [9.17, 15) is 0 Å². The number of aryl methyl sites for hydroxylation is 1. The molecule has 16 heavy (non-hydrogen) atoms. The van der Waals surface area contributed by atoms with Crippen molar-refractivity contribution >= 4 is 0 Å². The molecule has 0 aliphatic rings. The molecule has 0 saturated carbocycles. The lowest BCUT2D eigenvalue weighted by Crippen LogP contribution is -2.24. The number of likely N-dealkylation sites (N-methyl/N-ethyl adjacent to an activating group) is 1. The van der Waals surface area contributed by atoms with Crippen molar-refractivity contribution in [1.29, 1.82) is 0 Å². The predicted molar refractivity (Wildman–Crippen MR) is 68.8 cm³/mol. The third kappa shape index (κ3) is 3.32. The molecule has 0 heterocycles. The molecular formula is C14H23NO. The lowest BCUT2D eigenvalue weighted by molar-refractivity contribution is 0.0625. The Labute approximate surface area is 99.0 Å². The molecule has 1 unspecified atom stereocenters. The van der Waals surface area contributed by atoms with Gasteiger partial charge in [-0.25, -0.2) is 0 Å². The first kappa shape index (κ1) is 13.2. The van der Waals surface area contributed by atoms with Crippen LogP contribution in [0.3, 0.4) is 0 Å². The van der Waals surface area contributed by atoms with Crippen LogP contribution in [0, 0.1) is 13.8 Å². The van der Waals surface area contributed by atoms with Gasteiger partial charge in [0.25, 0.3) is 0 Å². The SMILES string of the molecule is CNC(COC(C)C)c1cccc(C)c1C. The Kier molecular flexibility index (Phi) is 4.97. The van der Waals surface area contributed by atoms with Crippen molar-refractivity contribution in [3.05, 3.63) is 34.9 Å². The van der Waals surface area contributed by atoms with Crippen LogP contribution >= 0.6 is 0 Å². The highest BCUT2D eigenvalue weighted by Crippen LogP contribution is 2.20. The molecule has 0 spiro atoms. The molecule has 0 saturated heterocycles. The number of hydrogen-bond acceptors (Lipinski definition) is 2. The minimum absolute atomic E-state index is 0.279. The fraction of sp³-hybridized carbons (Fsp3) is 0.571. The first-order valence-corrected chi connectivity index (χ1v) is 5.91. The van der Waals surface area contributed by atoms with Crippen LogP contribution in [0.25, 0.3) is 0 Å². The number of nitrogens with one attached hydrogen (secondary N) is 1. The molecule has 2 nitrogen and oxygen atoms in total. The summed E-state index contributed by atoms with van der Waals surface area (Å²) in [5.74, 6) is 0. The predicted octanol–water partition coefficient (Wildman–Crippen LogP) is 2.99. The van der Waals surface area contributed by atoms with Gasteiger partial charge in [0, 0.05) is 0 Å². The molecule has 90 valence electrons. The van der Waals surface area contributed by atoms with Crippen LogP contribution in [0.4, 0.5) is 0 Å². The van der Waals surface area contributed by atoms with Gasteiger partial charge in [-0.15, -0.1) is 0 Å². The summed E-state index contributed by atoms with van der Waals surface area (Å²) in [4.78, 5) is 0. The zero-order chi connectivity index (χ0) is 12.1. The summed E-state index contributed by atoms with van der Waals surface area (Å²) >= 11 is 0. The summed E-state index contributed by atoms with van der Waals surface area (Å²) in [6.45, 7) is 9.17. The monoisotopic (exact) mass is 221 g/mol. The van der Waals surface area contributed by atoms with Crippen LogP contribution in [0.2, 0.25) is 0 Å². The van der Waals surface area contributed by atoms with Gasteiger partial charge in [-0.3, -0.25) is 0 Å². The summed E-state index contributed by atoms with van der Waals surface area (Å²) in [5, 5.41) is 3.32. The molecule has 0 aliphatic carbocycles. The molecular weight excluding hydrogens is 198 g/mol. The average molecular weight is 221 g/mol. The Hall–Kier alpha value is -0.860. The van der Waals surface area contributed by atoms with E-state index in [2.05, 4.69) is 51.2 Å². The van der Waals surface area contributed by atoms with Crippen LogP contribution in [0.15, 0.2) is 18.2 Å². The fourth-order valence-corrected chi connectivity index (χ4v) is 1.77. The Bertz CT molecular complexity index is 334. The molecule has 1 atom stereocenters. The lowest BCUT2D eigenvalue weighted by atomic mass is 9.98. The highest BCUT2D eigenvalue weighted by atomic mass is 16.5. The van der Waals surface area contributed by atoms with E-state index in [-0.39, 0.29) is 12.1 Å². The van der Waals surface area contributed by atoms with Gasteiger partial charge in [0.1, 0.15) is 0 Å². The fourth-order valence-electron chi connectivity index (χ4n) is 1.77. The second-order valence-electron chi connectivity index (χ2n) is 4.51. The maximum Gasteiger partial charge on any atom is 0.0664 e. The third-order valence-corrected chi connectivity index (χ3v) is 2.97. The van der Waals surface area contributed by atoms with Crippen LogP contribution in [0.5, 0.6) is 0 Å². The zero-order valence-corrected chi connectivity index (χ0v) is 11.0. The smallest absolute Gasteiger partial charge is 0.0664 e. The molecule has 1 N–H and O–H groups in total. The molecule has 0 radical (unpaired) electrons. The van der Waals surface area contributed by atoms with E-state index in [1.54, 1.807) is 0 Å². The second-order valence-corrected chi connectivity index (χ2v) is 4.51. The van der Waals surface area contributed by atoms with Gasteiger partial charge in [-0.2, -0.15) is 0 Å². The normalized spacial score (nSPS) is 13.1. The van der Waals surface area contributed by atoms with Crippen molar-refractivity contribution in [2.24, 2.45) is 0 Å². The molecule has 1 rings (SSSR count). The van der Waals surface area contributed by atoms with Gasteiger partial charge in [0.15, 0.2) is 0 Å². The van der Waals surface area contributed by atoms with Gasteiger partial charge in [0.05, 0.1) is 18.8 Å². The van der Waals surface area contributed by atoms with Crippen molar-refractivity contribution in [2.75, 3.05) is 13.7 Å². The Morgan fingerprint density at radius 2 is 1.94 bits per heavy atom. The van der Waals surface area contributed by atoms with Crippen molar-refractivity contribution in [3.8, 4) is 0 Å². The molecule has 2 heteroatoms. The van der Waals surface area contributed by atoms with Crippen LogP contribution < -0.4 is 5.32 Å². The van der Waals surface area contributed by atoms with E-state index in [0.717, 1.165) is 6.61 Å². The van der Waals surface area contributed by atoms with Gasteiger partial charge >= 0.3 is 0 Å². The summed E-state index contributed by atoms with van der Waals surface area (Å²) in [5.41, 5.74) is 4.03. The van der Waals surface area contributed by atoms with Gasteiger partial charge in [-0.1, -0.05) is 18.2 Å². The number of ether oxygens (including phenoxy) is 1. The summed E-state index contributed by atoms with van der Waals surface area (Å²) in [6, 6.07) is 6.71. The van der Waals surface area contributed by atoms with Gasteiger partial charge in [-0.05, 0) is 51.4 Å². The lowest BCUT2D eigenvalue weighted by Gasteiger charge is -2.21. The van der Waals surface area contributed by atoms with Gasteiger partial charge < -0.3 is 10.1 Å². The van der Waals surface area contributed by atoms with E-state index in [1.165, 1.54) is 16.7 Å². The number of rotatable bonds is 5. The largest absolute Gasteiger partial charge is 0.377 e. The second kappa shape index (κ2) is 6.02. The average Bonchev–Trinajstić information content (AvgIpc) is 2.24. The molecule has 0 aliphatic heterocycles. The highest BCUT2D eigenvalue weighted by Gasteiger charge is 2.13. The third-order valence-electron chi connectivity index (χ3n) is 2.97. The maximum absolute atomic E-state index is 5.68. The van der Waals surface area contributed by atoms with Crippen LogP contribution in [0.1, 0.15) is 36.6 Å². The molecule has 0 amide bonds. The minimum atomic E-state index is 0.279. The Morgan fingerprint density at radius 3 is 2.50 bits per heavy atom. The number of hydrogen-bond donors (Lipinski definition) is 1. The molecule has 0 fully saturated rings. The molecule has 0 bridgehead atoms. The summed E-state index contributed by atoms with van der Waals surface area (Å²) in [7, 11) is 1.98. The van der Waals surface area contributed by atoms with Crippen molar-refractivity contribution in [1.82, 2.24) is 5.32 Å².